The molecule has 0 unspecified atom stereocenters. The molecule has 1 fully saturated rings. The molecule has 2 aromatic heterocycles. The number of amides is 1. The molecule has 4 rings (SSSR count). The number of imidazole rings is 1. The molecule has 0 aliphatic carbocycles. The second-order valence-electron chi connectivity index (χ2n) is 13.1. The van der Waals surface area contributed by atoms with Crippen LogP contribution in [0.3, 0.4) is 0 Å². The molecule has 222 valence electrons. The molecular weight excluding hydrogens is 512 g/mol. The zero-order valence-corrected chi connectivity index (χ0v) is 25.9. The van der Waals surface area contributed by atoms with Crippen LogP contribution in [0.5, 0.6) is 0 Å². The van der Waals surface area contributed by atoms with Gasteiger partial charge in [-0.1, -0.05) is 41.0 Å². The molecule has 0 saturated carbocycles. The highest BCUT2D eigenvalue weighted by Gasteiger charge is 2.24. The van der Waals surface area contributed by atoms with E-state index in [0.29, 0.717) is 36.2 Å². The van der Waals surface area contributed by atoms with E-state index in [4.69, 9.17) is 9.97 Å². The number of hydrogen-bond acceptors (Lipinski definition) is 6. The van der Waals surface area contributed by atoms with Crippen LogP contribution in [-0.2, 0) is 11.3 Å². The number of rotatable bonds is 12. The van der Waals surface area contributed by atoms with E-state index in [1.54, 1.807) is 6.92 Å². The van der Waals surface area contributed by atoms with Gasteiger partial charge < -0.3 is 10.2 Å². The van der Waals surface area contributed by atoms with Gasteiger partial charge in [0.1, 0.15) is 11.3 Å². The molecule has 8 heteroatoms. The summed E-state index contributed by atoms with van der Waals surface area (Å²) in [5.74, 6) is 2.02. The number of aryl methyl sites for hydroxylation is 1. The van der Waals surface area contributed by atoms with Crippen LogP contribution in [0.1, 0.15) is 90.4 Å². The maximum atomic E-state index is 13.5. The number of hydrogen-bond donors (Lipinski definition) is 1. The van der Waals surface area contributed by atoms with E-state index in [1.165, 1.54) is 32.4 Å². The van der Waals surface area contributed by atoms with Crippen molar-refractivity contribution >= 4 is 40.3 Å². The largest absolute Gasteiger partial charge is 0.326 e. The predicted octanol–water partition coefficient (Wildman–Crippen LogP) is 7.07. The van der Waals surface area contributed by atoms with Crippen LogP contribution >= 0.6 is 0 Å². The number of carbonyl (C=O) groups is 2. The molecule has 0 bridgehead atoms. The Bertz CT molecular complexity index is 1320. The number of fused-ring (bicyclic) bond motifs is 1. The first kappa shape index (κ1) is 30.7. The van der Waals surface area contributed by atoms with Gasteiger partial charge in [0.15, 0.2) is 11.4 Å². The lowest BCUT2D eigenvalue weighted by molar-refractivity contribution is -0.120. The van der Waals surface area contributed by atoms with Crippen molar-refractivity contribution in [3.63, 3.8) is 0 Å². The number of nitrogens with zero attached hydrogens (tertiary/aromatic N) is 5. The van der Waals surface area contributed by atoms with Crippen LogP contribution in [0.25, 0.3) is 11.2 Å². The zero-order chi connectivity index (χ0) is 29.6. The van der Waals surface area contributed by atoms with E-state index in [2.05, 4.69) is 49.4 Å². The van der Waals surface area contributed by atoms with Gasteiger partial charge in [0, 0.05) is 30.8 Å². The van der Waals surface area contributed by atoms with E-state index in [0.717, 1.165) is 42.8 Å². The molecule has 1 aliphatic rings. The number of anilines is 3. The third-order valence-electron chi connectivity index (χ3n) is 7.62. The van der Waals surface area contributed by atoms with Crippen molar-refractivity contribution < 1.29 is 9.59 Å². The molecule has 0 radical (unpaired) electrons. The summed E-state index contributed by atoms with van der Waals surface area (Å²) in [7, 11) is 0. The van der Waals surface area contributed by atoms with Crippen LogP contribution in [0, 0.1) is 11.3 Å². The average Bonchev–Trinajstić information content (AvgIpc) is 3.24. The fourth-order valence-corrected chi connectivity index (χ4v) is 5.31. The molecule has 8 nitrogen and oxygen atoms in total. The van der Waals surface area contributed by atoms with Crippen molar-refractivity contribution in [2.75, 3.05) is 36.4 Å². The van der Waals surface area contributed by atoms with Crippen LogP contribution in [0.15, 0.2) is 36.4 Å². The van der Waals surface area contributed by atoms with E-state index in [-0.39, 0.29) is 17.1 Å². The zero-order valence-electron chi connectivity index (χ0n) is 25.9. The fourth-order valence-electron chi connectivity index (χ4n) is 5.31. The first-order chi connectivity index (χ1) is 19.5. The molecule has 1 saturated heterocycles. The van der Waals surface area contributed by atoms with Gasteiger partial charge in [-0.2, -0.15) is 0 Å². The highest BCUT2D eigenvalue weighted by Crippen LogP contribution is 2.28. The molecule has 1 aromatic carbocycles. The lowest BCUT2D eigenvalue weighted by atomic mass is 9.91. The van der Waals surface area contributed by atoms with E-state index < -0.39 is 0 Å². The monoisotopic (exact) mass is 560 g/mol. The number of aromatic nitrogens is 3. The summed E-state index contributed by atoms with van der Waals surface area (Å²) in [6.07, 6.45) is 6.23. The van der Waals surface area contributed by atoms with E-state index in [9.17, 15) is 9.59 Å². The molecule has 1 N–H and O–H groups in total. The predicted molar refractivity (Wildman–Crippen MR) is 168 cm³/mol. The van der Waals surface area contributed by atoms with Gasteiger partial charge in [-0.15, -0.1) is 0 Å². The summed E-state index contributed by atoms with van der Waals surface area (Å²) in [5.41, 5.74) is 3.01. The quantitative estimate of drug-likeness (QED) is 0.239. The van der Waals surface area contributed by atoms with Gasteiger partial charge in [-0.05, 0) is 100.0 Å². The molecule has 0 spiro atoms. The van der Waals surface area contributed by atoms with E-state index in [1.807, 2.05) is 41.3 Å². The third kappa shape index (κ3) is 8.62. The molecular formula is C33H48N6O2. The summed E-state index contributed by atoms with van der Waals surface area (Å²) in [6, 6.07) is 11.4. The maximum Gasteiger partial charge on any atom is 0.228 e. The van der Waals surface area contributed by atoms with Crippen LogP contribution < -0.4 is 10.2 Å². The van der Waals surface area contributed by atoms with Crippen LogP contribution in [-0.4, -0.2) is 57.3 Å². The number of Topliss-reactive ketones (excluding diaryl/α,β-unsaturated/α-hetero) is 1. The minimum atomic E-state index is -0.109. The molecule has 3 heterocycles. The van der Waals surface area contributed by atoms with Crippen molar-refractivity contribution in [2.45, 2.75) is 86.6 Å². The van der Waals surface area contributed by atoms with E-state index >= 15 is 0 Å². The Labute approximate surface area is 245 Å². The van der Waals surface area contributed by atoms with Crippen LogP contribution in [0.4, 0.5) is 17.5 Å². The average molecular weight is 561 g/mol. The second kappa shape index (κ2) is 13.6. The Kier molecular flexibility index (Phi) is 10.2. The number of benzene rings is 1. The number of likely N-dealkylation sites (tertiary alicyclic amines) is 1. The Balaban J connectivity index is 1.67. The van der Waals surface area contributed by atoms with Crippen molar-refractivity contribution in [3.05, 3.63) is 42.0 Å². The number of ketones is 1. The minimum absolute atomic E-state index is 0.0428. The fraction of sp³-hybridized carbons (Fsp3) is 0.576. The second-order valence-corrected chi connectivity index (χ2v) is 13.1. The molecule has 0 atom stereocenters. The lowest BCUT2D eigenvalue weighted by Gasteiger charge is -2.27. The molecule has 1 aliphatic heterocycles. The highest BCUT2D eigenvalue weighted by atomic mass is 16.2. The van der Waals surface area contributed by atoms with Crippen molar-refractivity contribution in [1.82, 2.24) is 19.4 Å². The van der Waals surface area contributed by atoms with Crippen molar-refractivity contribution in [1.29, 1.82) is 0 Å². The third-order valence-corrected chi connectivity index (χ3v) is 7.62. The van der Waals surface area contributed by atoms with Gasteiger partial charge in [0.2, 0.25) is 11.9 Å². The standard InChI is InChI=1S/C33H48N6O2/c1-24(2)17-22-38(30(41)23-33(4,5)6)29-16-15-28-31(36-29)39(21-10-20-37-18-8-7-9-19-37)32(35-28)34-27-13-11-26(12-14-27)25(3)40/h11-16,24H,7-10,17-23H2,1-6H3,(H,34,35). The van der Waals surface area contributed by atoms with Crippen molar-refractivity contribution in [2.24, 2.45) is 11.3 Å². The lowest BCUT2D eigenvalue weighted by Crippen LogP contribution is -2.35. The van der Waals surface area contributed by atoms with Gasteiger partial charge in [-0.25, -0.2) is 9.97 Å². The topological polar surface area (TPSA) is 83.4 Å². The maximum absolute atomic E-state index is 13.5. The summed E-state index contributed by atoms with van der Waals surface area (Å²) in [6.45, 7) is 17.0. The Hall–Kier alpha value is -3.26. The van der Waals surface area contributed by atoms with Gasteiger partial charge >= 0.3 is 0 Å². The normalized spacial score (nSPS) is 14.5. The summed E-state index contributed by atoms with van der Waals surface area (Å²) in [5, 5.41) is 3.47. The number of nitrogens with one attached hydrogen (secondary N) is 1. The Morgan fingerprint density at radius 1 is 0.976 bits per heavy atom. The summed E-state index contributed by atoms with van der Waals surface area (Å²) >= 11 is 0. The highest BCUT2D eigenvalue weighted by molar-refractivity contribution is 5.95. The first-order valence-electron chi connectivity index (χ1n) is 15.3. The molecule has 3 aromatic rings. The smallest absolute Gasteiger partial charge is 0.228 e. The molecule has 1 amide bonds. The minimum Gasteiger partial charge on any atom is -0.326 e. The summed E-state index contributed by atoms with van der Waals surface area (Å²) < 4.78 is 2.15. The first-order valence-corrected chi connectivity index (χ1v) is 15.3. The summed E-state index contributed by atoms with van der Waals surface area (Å²) in [4.78, 5) is 39.6. The number of pyridine rings is 1. The molecule has 41 heavy (non-hydrogen) atoms. The SMILES string of the molecule is CC(=O)c1ccc(Nc2nc3ccc(N(CCC(C)C)C(=O)CC(C)(C)C)nc3n2CCCN2CCCCC2)cc1. The van der Waals surface area contributed by atoms with Crippen LogP contribution in [0.2, 0.25) is 0 Å². The Morgan fingerprint density at radius 3 is 2.32 bits per heavy atom. The van der Waals surface area contributed by atoms with Gasteiger partial charge in [-0.3, -0.25) is 19.1 Å². The number of piperidine rings is 1. The number of carbonyl (C=O) groups excluding carboxylic acids is 2. The van der Waals surface area contributed by atoms with Crippen molar-refractivity contribution in [3.8, 4) is 0 Å². The Morgan fingerprint density at radius 2 is 1.68 bits per heavy atom. The van der Waals surface area contributed by atoms with Gasteiger partial charge in [0.25, 0.3) is 0 Å². The van der Waals surface area contributed by atoms with Gasteiger partial charge in [0.05, 0.1) is 0 Å².